The lowest BCUT2D eigenvalue weighted by molar-refractivity contribution is 0.0678. The molecule has 3 aromatic carbocycles. The van der Waals surface area contributed by atoms with Gasteiger partial charge in [-0.2, -0.15) is 0 Å². The highest BCUT2D eigenvalue weighted by atomic mass is 16.5. The van der Waals surface area contributed by atoms with E-state index < -0.39 is 0 Å². The lowest BCUT2D eigenvalue weighted by atomic mass is 9.93. The molecule has 1 fully saturated rings. The van der Waals surface area contributed by atoms with Gasteiger partial charge in [-0.15, -0.1) is 0 Å². The third-order valence-electron chi connectivity index (χ3n) is 7.13. The molecule has 0 saturated carbocycles. The molecule has 190 valence electrons. The molecule has 0 spiro atoms. The van der Waals surface area contributed by atoms with Gasteiger partial charge in [-0.05, 0) is 73.7 Å². The number of ether oxygens (including phenoxy) is 1. The van der Waals surface area contributed by atoms with Crippen LogP contribution in [0.4, 0.5) is 0 Å². The largest absolute Gasteiger partial charge is 0.457 e. The van der Waals surface area contributed by atoms with E-state index in [-0.39, 0.29) is 11.7 Å². The summed E-state index contributed by atoms with van der Waals surface area (Å²) in [7, 11) is 0. The molecular formula is C30H33N5O2. The average Bonchev–Trinajstić information content (AvgIpc) is 3.27. The van der Waals surface area contributed by atoms with Gasteiger partial charge >= 0.3 is 0 Å². The van der Waals surface area contributed by atoms with Gasteiger partial charge in [-0.1, -0.05) is 42.5 Å². The van der Waals surface area contributed by atoms with Crippen molar-refractivity contribution in [1.29, 1.82) is 5.41 Å². The molecule has 5 N–H and O–H groups in total. The van der Waals surface area contributed by atoms with Crippen molar-refractivity contribution >= 4 is 22.6 Å². The first-order valence-electron chi connectivity index (χ1n) is 12.8. The quantitative estimate of drug-likeness (QED) is 0.237. The number of para-hydroxylation sites is 1. The van der Waals surface area contributed by atoms with Crippen molar-refractivity contribution in [3.05, 3.63) is 95.7 Å². The molecule has 1 amide bonds. The number of piperidine rings is 1. The number of hydrogen-bond acceptors (Lipinski definition) is 4. The van der Waals surface area contributed by atoms with Crippen LogP contribution in [0.25, 0.3) is 10.9 Å². The highest BCUT2D eigenvalue weighted by molar-refractivity contribution is 6.02. The van der Waals surface area contributed by atoms with Gasteiger partial charge in [0.25, 0.3) is 5.91 Å². The van der Waals surface area contributed by atoms with E-state index in [1.165, 1.54) is 0 Å². The molecule has 37 heavy (non-hydrogen) atoms. The molecule has 0 bridgehead atoms. The molecule has 4 aromatic rings. The third kappa shape index (κ3) is 5.52. The first-order valence-corrected chi connectivity index (χ1v) is 12.8. The Labute approximate surface area is 217 Å². The number of carbonyl (C=O) groups is 1. The fraction of sp³-hybridized carbons (Fsp3) is 0.267. The Kier molecular flexibility index (Phi) is 7.23. The van der Waals surface area contributed by atoms with Crippen LogP contribution in [0.2, 0.25) is 0 Å². The average molecular weight is 496 g/mol. The number of amidine groups is 1. The summed E-state index contributed by atoms with van der Waals surface area (Å²) < 4.78 is 8.08. The fourth-order valence-corrected chi connectivity index (χ4v) is 5.11. The second kappa shape index (κ2) is 10.9. The molecule has 7 heteroatoms. The summed E-state index contributed by atoms with van der Waals surface area (Å²) in [6, 6.07) is 25.2. The van der Waals surface area contributed by atoms with Gasteiger partial charge in [-0.3, -0.25) is 10.2 Å². The van der Waals surface area contributed by atoms with E-state index in [4.69, 9.17) is 21.6 Å². The summed E-state index contributed by atoms with van der Waals surface area (Å²) in [5.74, 6) is 2.13. The number of nitrogens with one attached hydrogen (secondary N) is 1. The van der Waals surface area contributed by atoms with Crippen LogP contribution >= 0.6 is 0 Å². The van der Waals surface area contributed by atoms with Crippen LogP contribution in [0.5, 0.6) is 11.5 Å². The van der Waals surface area contributed by atoms with Crippen molar-refractivity contribution in [3.63, 3.8) is 0 Å². The summed E-state index contributed by atoms with van der Waals surface area (Å²) >= 11 is 0. The van der Waals surface area contributed by atoms with Crippen molar-refractivity contribution < 1.29 is 9.53 Å². The third-order valence-corrected chi connectivity index (χ3v) is 7.13. The minimum atomic E-state index is 0.00256. The molecule has 1 aromatic heterocycles. The standard InChI is InChI=1S/C30H33N5O2/c31-14-11-21-12-15-34(16-13-21)30(36)28-18-23-9-10-24(29(32)33)19-27(23)35(28)20-22-5-4-8-26(17-22)37-25-6-2-1-3-7-25/h1-10,17-19,21H,11-16,20,31H2,(H3,32,33). The zero-order valence-electron chi connectivity index (χ0n) is 20.9. The topological polar surface area (TPSA) is 110 Å². The number of carbonyl (C=O) groups excluding carboxylic acids is 1. The van der Waals surface area contributed by atoms with Crippen LogP contribution in [-0.2, 0) is 6.54 Å². The molecule has 5 rings (SSSR count). The number of nitrogens with zero attached hydrogens (tertiary/aromatic N) is 2. The van der Waals surface area contributed by atoms with E-state index in [2.05, 4.69) is 0 Å². The Hall–Kier alpha value is -4.10. The summed E-state index contributed by atoms with van der Waals surface area (Å²) in [4.78, 5) is 15.7. The number of amides is 1. The SMILES string of the molecule is N=C(N)c1ccc2cc(C(=O)N3CCC(CCN)CC3)n(Cc3cccc(Oc4ccccc4)c3)c2c1. The molecule has 7 nitrogen and oxygen atoms in total. The van der Waals surface area contributed by atoms with E-state index in [0.29, 0.717) is 30.3 Å². The highest BCUT2D eigenvalue weighted by Crippen LogP contribution is 2.28. The lowest BCUT2D eigenvalue weighted by Crippen LogP contribution is -2.39. The van der Waals surface area contributed by atoms with Gasteiger partial charge < -0.3 is 25.7 Å². The minimum absolute atomic E-state index is 0.00256. The molecule has 1 aliphatic rings. The number of aromatic nitrogens is 1. The summed E-state index contributed by atoms with van der Waals surface area (Å²) in [6.45, 7) is 2.66. The van der Waals surface area contributed by atoms with Gasteiger partial charge in [0.15, 0.2) is 0 Å². The number of nitrogens with two attached hydrogens (primary N) is 2. The summed E-state index contributed by atoms with van der Waals surface area (Å²) in [5, 5.41) is 8.86. The maximum atomic E-state index is 13.8. The smallest absolute Gasteiger partial charge is 0.270 e. The van der Waals surface area contributed by atoms with Crippen LogP contribution in [0.15, 0.2) is 78.9 Å². The van der Waals surface area contributed by atoms with E-state index in [1.807, 2.05) is 88.3 Å². The molecule has 0 aliphatic carbocycles. The number of fused-ring (bicyclic) bond motifs is 1. The fourth-order valence-electron chi connectivity index (χ4n) is 5.11. The predicted molar refractivity (Wildman–Crippen MR) is 147 cm³/mol. The van der Waals surface area contributed by atoms with Crippen LogP contribution in [-0.4, -0.2) is 40.8 Å². The number of nitrogen functional groups attached to an aromatic ring is 1. The van der Waals surface area contributed by atoms with Gasteiger partial charge in [-0.25, -0.2) is 0 Å². The molecule has 0 unspecified atom stereocenters. The van der Waals surface area contributed by atoms with E-state index in [9.17, 15) is 4.79 Å². The Bertz CT molecular complexity index is 1400. The number of benzene rings is 3. The zero-order valence-corrected chi connectivity index (χ0v) is 20.9. The molecule has 1 saturated heterocycles. The molecule has 2 heterocycles. The van der Waals surface area contributed by atoms with Crippen LogP contribution in [0.1, 0.15) is 40.9 Å². The van der Waals surface area contributed by atoms with E-state index in [1.54, 1.807) is 0 Å². The van der Waals surface area contributed by atoms with Crippen molar-refractivity contribution in [1.82, 2.24) is 9.47 Å². The van der Waals surface area contributed by atoms with Crippen molar-refractivity contribution in [2.24, 2.45) is 17.4 Å². The Morgan fingerprint density at radius 2 is 1.70 bits per heavy atom. The summed E-state index contributed by atoms with van der Waals surface area (Å²) in [5.41, 5.74) is 14.7. The highest BCUT2D eigenvalue weighted by Gasteiger charge is 2.26. The van der Waals surface area contributed by atoms with Gasteiger partial charge in [0, 0.05) is 36.1 Å². The Morgan fingerprint density at radius 3 is 2.43 bits per heavy atom. The van der Waals surface area contributed by atoms with Crippen LogP contribution in [0.3, 0.4) is 0 Å². The van der Waals surface area contributed by atoms with E-state index in [0.717, 1.165) is 60.3 Å². The molecule has 0 atom stereocenters. The number of hydrogen-bond donors (Lipinski definition) is 3. The van der Waals surface area contributed by atoms with Gasteiger partial charge in [0.05, 0.1) is 0 Å². The van der Waals surface area contributed by atoms with Crippen molar-refractivity contribution in [2.45, 2.75) is 25.8 Å². The Balaban J connectivity index is 1.47. The monoisotopic (exact) mass is 495 g/mol. The van der Waals surface area contributed by atoms with Crippen LogP contribution < -0.4 is 16.2 Å². The molecule has 1 aliphatic heterocycles. The maximum absolute atomic E-state index is 13.8. The van der Waals surface area contributed by atoms with Crippen molar-refractivity contribution in [3.8, 4) is 11.5 Å². The Morgan fingerprint density at radius 1 is 0.946 bits per heavy atom. The second-order valence-electron chi connectivity index (χ2n) is 9.68. The number of rotatable bonds is 8. The van der Waals surface area contributed by atoms with Gasteiger partial charge in [0.2, 0.25) is 0 Å². The van der Waals surface area contributed by atoms with E-state index >= 15 is 0 Å². The minimum Gasteiger partial charge on any atom is -0.457 e. The lowest BCUT2D eigenvalue weighted by Gasteiger charge is -2.32. The zero-order chi connectivity index (χ0) is 25.8. The molecular weight excluding hydrogens is 462 g/mol. The summed E-state index contributed by atoms with van der Waals surface area (Å²) in [6.07, 6.45) is 2.98. The maximum Gasteiger partial charge on any atom is 0.270 e. The predicted octanol–water partition coefficient (Wildman–Crippen LogP) is 4.97. The number of likely N-dealkylation sites (tertiary alicyclic amines) is 1. The normalized spacial score (nSPS) is 14.1. The first kappa shape index (κ1) is 24.6. The van der Waals surface area contributed by atoms with Gasteiger partial charge in [0.1, 0.15) is 23.0 Å². The van der Waals surface area contributed by atoms with Crippen molar-refractivity contribution in [2.75, 3.05) is 19.6 Å². The molecule has 0 radical (unpaired) electrons. The second-order valence-corrected chi connectivity index (χ2v) is 9.68. The first-order chi connectivity index (χ1) is 18.0. The van der Waals surface area contributed by atoms with Crippen LogP contribution in [0, 0.1) is 11.3 Å².